The van der Waals surface area contributed by atoms with Crippen LogP contribution in [0.5, 0.6) is 5.75 Å². The minimum Gasteiger partial charge on any atom is -0.508 e. The number of fused-ring (bicyclic) bond motifs is 1. The van der Waals surface area contributed by atoms with Crippen molar-refractivity contribution in [3.63, 3.8) is 0 Å². The molecule has 0 aliphatic carbocycles. The van der Waals surface area contributed by atoms with E-state index < -0.39 is 21.8 Å². The lowest BCUT2D eigenvalue weighted by Crippen LogP contribution is -2.60. The van der Waals surface area contributed by atoms with Crippen molar-refractivity contribution < 1.29 is 28.2 Å². The summed E-state index contributed by atoms with van der Waals surface area (Å²) in [6, 6.07) is 4.99. The molecule has 1 aromatic carbocycles. The van der Waals surface area contributed by atoms with E-state index in [1.165, 1.54) is 24.3 Å². The zero-order valence-corrected chi connectivity index (χ0v) is 14.4. The summed E-state index contributed by atoms with van der Waals surface area (Å²) in [7, 11) is -3.28. The molecule has 2 aliphatic heterocycles. The van der Waals surface area contributed by atoms with Gasteiger partial charge in [0.1, 0.15) is 5.75 Å². The first-order chi connectivity index (χ1) is 11.8. The number of carboxylic acid groups (broad SMARTS) is 1. The number of benzene rings is 1. The molecule has 2 fully saturated rings. The Morgan fingerprint density at radius 1 is 1.08 bits per heavy atom. The highest BCUT2D eigenvalue weighted by Gasteiger charge is 2.48. The number of aliphatic carboxylic acids is 1. The summed E-state index contributed by atoms with van der Waals surface area (Å²) in [5, 5.41) is 18.2. The lowest BCUT2D eigenvalue weighted by Gasteiger charge is -2.43. The Labute approximate surface area is 145 Å². The van der Waals surface area contributed by atoms with E-state index in [0.29, 0.717) is 18.7 Å². The first kappa shape index (κ1) is 17.7. The number of sulfone groups is 1. The van der Waals surface area contributed by atoms with Gasteiger partial charge in [-0.1, -0.05) is 0 Å². The summed E-state index contributed by atoms with van der Waals surface area (Å²) in [5.41, 5.74) is 0.389. The van der Waals surface area contributed by atoms with Crippen molar-refractivity contribution in [2.24, 2.45) is 0 Å². The van der Waals surface area contributed by atoms with Crippen molar-refractivity contribution in [1.29, 1.82) is 0 Å². The van der Waals surface area contributed by atoms with Gasteiger partial charge in [-0.15, -0.1) is 0 Å². The van der Waals surface area contributed by atoms with Gasteiger partial charge < -0.3 is 15.1 Å². The van der Waals surface area contributed by atoms with Gasteiger partial charge in [0.2, 0.25) is 0 Å². The molecule has 1 aromatic rings. The van der Waals surface area contributed by atoms with Crippen LogP contribution in [-0.4, -0.2) is 83.5 Å². The molecule has 8 nitrogen and oxygen atoms in total. The van der Waals surface area contributed by atoms with Crippen molar-refractivity contribution in [3.8, 4) is 5.75 Å². The van der Waals surface area contributed by atoms with Crippen LogP contribution >= 0.6 is 0 Å². The van der Waals surface area contributed by atoms with Crippen molar-refractivity contribution in [2.75, 3.05) is 31.1 Å². The Hall–Kier alpha value is -2.13. The van der Waals surface area contributed by atoms with E-state index in [2.05, 4.69) is 0 Å². The molecule has 2 atom stereocenters. The van der Waals surface area contributed by atoms with E-state index in [4.69, 9.17) is 5.11 Å². The first-order valence-electron chi connectivity index (χ1n) is 8.03. The van der Waals surface area contributed by atoms with Gasteiger partial charge in [0, 0.05) is 31.2 Å². The van der Waals surface area contributed by atoms with Crippen LogP contribution in [0.2, 0.25) is 0 Å². The van der Waals surface area contributed by atoms with Crippen molar-refractivity contribution in [1.82, 2.24) is 9.80 Å². The van der Waals surface area contributed by atoms with Crippen LogP contribution < -0.4 is 0 Å². The number of phenolic OH excluding ortho intramolecular Hbond substituents is 1. The van der Waals surface area contributed by atoms with Gasteiger partial charge in [0.15, 0.2) is 9.84 Å². The second kappa shape index (κ2) is 6.64. The molecule has 0 bridgehead atoms. The lowest BCUT2D eigenvalue weighted by atomic mass is 10.0. The second-order valence-electron chi connectivity index (χ2n) is 6.44. The highest BCUT2D eigenvalue weighted by atomic mass is 32.2. The fourth-order valence-corrected chi connectivity index (χ4v) is 5.58. The molecule has 2 N–H and O–H groups in total. The standard InChI is InChI=1S/C16H20N2O6S/c19-12-3-1-11(2-4-12)16(22)18-8-7-17(6-5-15(20)21)13-9-25(23,24)10-14(13)18/h1-4,13-14,19H,5-10H2,(H,20,21)/t13-,14+/m0/s1. The largest absolute Gasteiger partial charge is 0.508 e. The molecule has 2 heterocycles. The third kappa shape index (κ3) is 3.77. The zero-order chi connectivity index (χ0) is 18.2. The third-order valence-corrected chi connectivity index (χ3v) is 6.48. The normalized spacial score (nSPS) is 25.5. The van der Waals surface area contributed by atoms with Crippen molar-refractivity contribution in [2.45, 2.75) is 18.5 Å². The number of hydrogen-bond acceptors (Lipinski definition) is 6. The molecule has 0 spiro atoms. The molecule has 0 saturated carbocycles. The predicted molar refractivity (Wildman–Crippen MR) is 89.2 cm³/mol. The van der Waals surface area contributed by atoms with Crippen LogP contribution in [0.3, 0.4) is 0 Å². The molecule has 1 amide bonds. The maximum absolute atomic E-state index is 12.8. The number of nitrogens with zero attached hydrogens (tertiary/aromatic N) is 2. The number of carbonyl (C=O) groups is 2. The van der Waals surface area contributed by atoms with Gasteiger partial charge in [0.05, 0.1) is 24.0 Å². The Morgan fingerprint density at radius 3 is 2.36 bits per heavy atom. The topological polar surface area (TPSA) is 115 Å². The molecular weight excluding hydrogens is 348 g/mol. The number of rotatable bonds is 4. The van der Waals surface area contributed by atoms with Crippen molar-refractivity contribution >= 4 is 21.7 Å². The van der Waals surface area contributed by atoms with Gasteiger partial charge in [-0.25, -0.2) is 8.42 Å². The second-order valence-corrected chi connectivity index (χ2v) is 8.59. The Morgan fingerprint density at radius 2 is 1.72 bits per heavy atom. The molecule has 3 rings (SSSR count). The quantitative estimate of drug-likeness (QED) is 0.755. The molecule has 0 unspecified atom stereocenters. The Kier molecular flexibility index (Phi) is 4.70. The van der Waals surface area contributed by atoms with Crippen LogP contribution in [0.1, 0.15) is 16.8 Å². The van der Waals surface area contributed by atoms with Crippen molar-refractivity contribution in [3.05, 3.63) is 29.8 Å². The number of carboxylic acids is 1. The molecular formula is C16H20N2O6S. The van der Waals surface area contributed by atoms with E-state index >= 15 is 0 Å². The van der Waals surface area contributed by atoms with E-state index in [0.717, 1.165) is 0 Å². The Bertz CT molecular complexity index is 776. The average molecular weight is 368 g/mol. The molecule has 0 aromatic heterocycles. The van der Waals surface area contributed by atoms with Crippen LogP contribution in [0.15, 0.2) is 24.3 Å². The van der Waals surface area contributed by atoms with Gasteiger partial charge in [0.25, 0.3) is 5.91 Å². The summed E-state index contributed by atoms with van der Waals surface area (Å²) >= 11 is 0. The lowest BCUT2D eigenvalue weighted by molar-refractivity contribution is -0.137. The highest BCUT2D eigenvalue weighted by Crippen LogP contribution is 2.28. The van der Waals surface area contributed by atoms with Gasteiger partial charge in [-0.2, -0.15) is 0 Å². The number of phenols is 1. The van der Waals surface area contributed by atoms with E-state index in [9.17, 15) is 23.1 Å². The van der Waals surface area contributed by atoms with Crippen LogP contribution in [0.4, 0.5) is 0 Å². The van der Waals surface area contributed by atoms with Gasteiger partial charge >= 0.3 is 5.97 Å². The third-order valence-electron chi connectivity index (χ3n) is 4.78. The maximum Gasteiger partial charge on any atom is 0.304 e. The fourth-order valence-electron chi connectivity index (χ4n) is 3.56. The number of piperazine rings is 1. The summed E-state index contributed by atoms with van der Waals surface area (Å²) < 4.78 is 24.2. The summed E-state index contributed by atoms with van der Waals surface area (Å²) in [6.07, 6.45) is -0.0603. The molecule has 9 heteroatoms. The summed E-state index contributed by atoms with van der Waals surface area (Å²) in [5.74, 6) is -1.32. The van der Waals surface area contributed by atoms with E-state index in [1.807, 2.05) is 4.90 Å². The SMILES string of the molecule is O=C(O)CCN1CCN(C(=O)c2ccc(O)cc2)[C@@H]2CS(=O)(=O)C[C@@H]21. The average Bonchev–Trinajstić information content (AvgIpc) is 2.87. The molecule has 25 heavy (non-hydrogen) atoms. The van der Waals surface area contributed by atoms with Crippen LogP contribution in [0, 0.1) is 0 Å². The first-order valence-corrected chi connectivity index (χ1v) is 9.85. The number of amides is 1. The summed E-state index contributed by atoms with van der Waals surface area (Å²) in [4.78, 5) is 27.0. The molecule has 2 saturated heterocycles. The molecule has 136 valence electrons. The van der Waals surface area contributed by atoms with E-state index in [-0.39, 0.29) is 42.2 Å². The van der Waals surface area contributed by atoms with Crippen LogP contribution in [-0.2, 0) is 14.6 Å². The molecule has 2 aliphatic rings. The van der Waals surface area contributed by atoms with Crippen LogP contribution in [0.25, 0.3) is 0 Å². The minimum absolute atomic E-state index is 0.0522. The minimum atomic E-state index is -3.28. The fraction of sp³-hybridized carbons (Fsp3) is 0.500. The predicted octanol–water partition coefficient (Wildman–Crippen LogP) is -0.210. The number of hydrogen-bond donors (Lipinski definition) is 2. The monoisotopic (exact) mass is 368 g/mol. The summed E-state index contributed by atoms with van der Waals surface area (Å²) in [6.45, 7) is 1.05. The maximum atomic E-state index is 12.8. The molecule has 0 radical (unpaired) electrons. The van der Waals surface area contributed by atoms with E-state index in [1.54, 1.807) is 4.90 Å². The number of carbonyl (C=O) groups excluding carboxylic acids is 1. The smallest absolute Gasteiger partial charge is 0.304 e. The van der Waals surface area contributed by atoms with Gasteiger partial charge in [-0.05, 0) is 24.3 Å². The highest BCUT2D eigenvalue weighted by molar-refractivity contribution is 7.91. The van der Waals surface area contributed by atoms with Gasteiger partial charge in [-0.3, -0.25) is 14.5 Å². The number of aromatic hydroxyl groups is 1. The Balaban J connectivity index is 1.81. The zero-order valence-electron chi connectivity index (χ0n) is 13.5.